The van der Waals surface area contributed by atoms with Crippen molar-refractivity contribution >= 4 is 64.4 Å². The Morgan fingerprint density at radius 3 is 2.00 bits per heavy atom. The number of piperazine rings is 1. The molecule has 8 aliphatic rings. The number of phenolic OH excluding ortho intramolecular Hbond substituents is 3. The number of aliphatic hydroxyl groups is 9. The summed E-state index contributed by atoms with van der Waals surface area (Å²) in [6.07, 6.45) is -4.50. The SMILES string of the molecule is CN[C@@H]1[C@H](O[C@H]2[C@H](O[C@H]3[C@H](O)[C@@H](O)[C@H](N=C(N)N)[C@@H](O)[C@@H]3N=C(N)N)O[C@@H](C)[C@]2(O)C=O)O[C@@H](CO)[C@H](O)[C@H]1O.CO[C@H]1/C=C/O[C@@]2(C)Oc3c(C)c(O)c4c(O)c(c(/C=N/N5CCN(C6CCCC6)CC5)c(O)c4c3C2=O)NC(=O)/C(C)=C\C=C\[C@H](C)[C@H](O)[C@@H](C)[C@@H](O)[C@@H](C)[C@H](OC(C)=O)[C@@H]1C.NNC(=O)c1ccncc1. The van der Waals surface area contributed by atoms with Crippen molar-refractivity contribution < 1.29 is 123 Å². The number of nitrogen functional groups attached to an aromatic ring is 1. The highest BCUT2D eigenvalue weighted by Gasteiger charge is 2.61. The second-order valence-corrected chi connectivity index (χ2v) is 29.4. The Balaban J connectivity index is 0.000000271. The molecule has 11 rings (SSSR count). The zero-order valence-corrected chi connectivity index (χ0v) is 64.7. The quantitative estimate of drug-likeness (QED) is 0.00839. The molecule has 2 aliphatic carbocycles. The van der Waals surface area contributed by atoms with Crippen LogP contribution in [0.15, 0.2) is 75.8 Å². The Kier molecular flexibility index (Phi) is 30.6. The van der Waals surface area contributed by atoms with Crippen molar-refractivity contribution in [3.8, 4) is 23.0 Å². The second kappa shape index (κ2) is 38.5. The molecule has 0 radical (unpaired) electrons. The number of allylic oxidation sites excluding steroid dienone is 2. The Labute approximate surface area is 652 Å². The Bertz CT molecular complexity index is 4010. The number of nitrogens with zero attached hydrogens (tertiary/aromatic N) is 6. The summed E-state index contributed by atoms with van der Waals surface area (Å²) in [4.78, 5) is 77.4. The number of hydrogen-bond donors (Lipinski definition) is 20. The summed E-state index contributed by atoms with van der Waals surface area (Å²) >= 11 is 0. The summed E-state index contributed by atoms with van der Waals surface area (Å²) in [5, 5.41) is 144. The van der Waals surface area contributed by atoms with Gasteiger partial charge in [0, 0.05) is 111 Å². The number of esters is 1. The van der Waals surface area contributed by atoms with Crippen LogP contribution in [0.5, 0.6) is 23.0 Å². The minimum absolute atomic E-state index is 0.0631. The number of aromatic hydroxyl groups is 3. The number of ketones is 1. The van der Waals surface area contributed by atoms with Crippen molar-refractivity contribution in [2.24, 2.45) is 67.5 Å². The number of methoxy groups -OCH3 is 1. The number of guanidine groups is 2. The lowest BCUT2D eigenvalue weighted by Crippen LogP contribution is -2.66. The number of nitrogens with two attached hydrogens (primary N) is 5. The van der Waals surface area contributed by atoms with Crippen molar-refractivity contribution in [1.29, 1.82) is 0 Å². The maximum Gasteiger partial charge on any atom is 0.312 e. The van der Waals surface area contributed by atoms with Gasteiger partial charge in [-0.15, -0.1) is 0 Å². The second-order valence-electron chi connectivity index (χ2n) is 29.4. The minimum atomic E-state index is -2.38. The number of nitrogens with one attached hydrogen (secondary N) is 3. The van der Waals surface area contributed by atoms with Gasteiger partial charge in [0.1, 0.15) is 84.3 Å². The number of ether oxygens (including phenoxy) is 8. The number of rotatable bonds is 15. The summed E-state index contributed by atoms with van der Waals surface area (Å²) in [5.74, 6) is -4.73. The predicted molar refractivity (Wildman–Crippen MR) is 406 cm³/mol. The molecule has 5 bridgehead atoms. The van der Waals surface area contributed by atoms with Gasteiger partial charge in [-0.1, -0.05) is 58.8 Å². The van der Waals surface area contributed by atoms with Gasteiger partial charge in [0.25, 0.3) is 17.6 Å². The molecule has 2 amide bonds. The summed E-state index contributed by atoms with van der Waals surface area (Å²) in [5.41, 5.74) is 21.6. The van der Waals surface area contributed by atoms with E-state index in [0.717, 1.165) is 13.1 Å². The van der Waals surface area contributed by atoms with Gasteiger partial charge in [0.05, 0.1) is 71.7 Å². The van der Waals surface area contributed by atoms with Crippen LogP contribution in [-0.2, 0) is 47.5 Å². The number of hydrazone groups is 1. The van der Waals surface area contributed by atoms with E-state index in [1.807, 2.05) is 10.4 Å². The fraction of sp³-hybridized carbons (Fsp3) is 0.608. The van der Waals surface area contributed by atoms with Crippen LogP contribution in [0.3, 0.4) is 0 Å². The van der Waals surface area contributed by atoms with Gasteiger partial charge in [-0.25, -0.2) is 15.8 Å². The van der Waals surface area contributed by atoms with E-state index in [1.54, 1.807) is 52.0 Å². The van der Waals surface area contributed by atoms with Crippen LogP contribution in [-0.4, -0.2) is 299 Å². The number of pyridine rings is 1. The molecule has 3 aromatic rings. The summed E-state index contributed by atoms with van der Waals surface area (Å²) in [6, 6.07) is -0.357. The van der Waals surface area contributed by atoms with Crippen molar-refractivity contribution in [2.75, 3.05) is 52.3 Å². The first-order chi connectivity index (χ1) is 53.4. The highest BCUT2D eigenvalue weighted by Crippen LogP contribution is 2.55. The third-order valence-corrected chi connectivity index (χ3v) is 21.9. The Morgan fingerprint density at radius 2 is 1.42 bits per heavy atom. The van der Waals surface area contributed by atoms with Crippen molar-refractivity contribution in [2.45, 2.75) is 215 Å². The van der Waals surface area contributed by atoms with E-state index < -0.39 is 199 Å². The van der Waals surface area contributed by atoms with E-state index in [4.69, 9.17) is 66.7 Å². The molecule has 113 heavy (non-hydrogen) atoms. The van der Waals surface area contributed by atoms with Gasteiger partial charge in [-0.3, -0.25) is 44.3 Å². The highest BCUT2D eigenvalue weighted by atomic mass is 16.8. The number of hydrogen-bond acceptors (Lipinski definition) is 33. The topological polar surface area (TPSA) is 625 Å². The zero-order valence-electron chi connectivity index (χ0n) is 64.7. The predicted octanol–water partition coefficient (Wildman–Crippen LogP) is -2.83. The number of aldehydes is 1. The summed E-state index contributed by atoms with van der Waals surface area (Å²) < 4.78 is 46.7. The Morgan fingerprint density at radius 1 is 0.779 bits per heavy atom. The van der Waals surface area contributed by atoms with Gasteiger partial charge in [0.15, 0.2) is 42.1 Å². The molecule has 39 nitrogen and oxygen atoms in total. The standard InChI is InChI=1S/C47H64N4O12.C21H39N7O12.C6H7N3O/c1-24-13-12-14-25(2)46(59)49-37-32(23-48-51-20-18-50(19-21-51)31-15-10-11-16-31)41(56)34-35(42(37)57)40(55)29(6)44-36(34)45(58)47(8,63-44)61-22-17-33(60-9)26(3)43(62-30(7)52)28(5)39(54)27(4)38(24)53;1-5-21(36,4-30)16(40-17-9(26-2)13(34)10(31)6(3-29)38-17)18(37-5)39-15-8(28-20(24)25)11(32)7(27-19(22)23)12(33)14(15)35;7-9-6(10)5-1-3-8-4-2-5/h12-14,17,22-24,26-28,31,33,38-39,43,53-57H,10-11,15-16,18-21H2,1-9H3,(H,49,59);4-18,26,29,31-36H,3H2,1-2H3,(H4,22,23,27)(H4,24,25,28);1-4H,7H2,(H,9,10)/b13-12+,22-17+,25-14-,48-23+;;/t24-,26+,27+,28+,33-,38-,39+,43+,47-;5-,6-,7+,8-,9-,10-,11+,12-,13-,14+,15+,16-,17-,18-,21+;/m00./s1. The van der Waals surface area contributed by atoms with Crippen LogP contribution in [0, 0.1) is 30.6 Å². The third kappa shape index (κ3) is 19.6. The minimum Gasteiger partial charge on any atom is -0.507 e. The number of aliphatic hydroxyl groups excluding tert-OH is 8. The van der Waals surface area contributed by atoms with Crippen molar-refractivity contribution in [1.82, 2.24) is 25.6 Å². The molecule has 0 spiro atoms. The molecule has 24 atom stereocenters. The van der Waals surface area contributed by atoms with Crippen molar-refractivity contribution in [3.63, 3.8) is 0 Å². The summed E-state index contributed by atoms with van der Waals surface area (Å²) in [7, 11) is 2.86. The molecular formula is C74H110N14O25. The molecule has 6 aliphatic heterocycles. The maximum atomic E-state index is 14.5. The lowest BCUT2D eigenvalue weighted by Gasteiger charge is -2.45. The summed E-state index contributed by atoms with van der Waals surface area (Å²) in [6.45, 7) is 16.0. The normalized spacial score (nSPS) is 35.6. The van der Waals surface area contributed by atoms with E-state index in [9.17, 15) is 85.3 Å². The van der Waals surface area contributed by atoms with Gasteiger partial charge in [-0.2, -0.15) is 5.10 Å². The first-order valence-electron chi connectivity index (χ1n) is 37.0. The number of anilines is 1. The molecule has 39 heteroatoms. The van der Waals surface area contributed by atoms with Gasteiger partial charge in [-0.05, 0) is 58.9 Å². The molecule has 3 saturated heterocycles. The van der Waals surface area contributed by atoms with Gasteiger partial charge < -0.3 is 133 Å². The molecule has 5 fully saturated rings. The number of hydrazine groups is 1. The zero-order chi connectivity index (χ0) is 83.6. The van der Waals surface area contributed by atoms with Crippen molar-refractivity contribution in [3.05, 3.63) is 82.9 Å². The lowest BCUT2D eigenvalue weighted by molar-refractivity contribution is -0.314. The molecule has 626 valence electrons. The number of benzene rings is 2. The van der Waals surface area contributed by atoms with Gasteiger partial charge >= 0.3 is 11.8 Å². The maximum absolute atomic E-state index is 14.5. The third-order valence-electron chi connectivity index (χ3n) is 21.9. The van der Waals surface area contributed by atoms with E-state index in [2.05, 4.69) is 35.6 Å². The lowest BCUT2D eigenvalue weighted by atomic mass is 9.78. The first-order valence-corrected chi connectivity index (χ1v) is 37.0. The number of phenols is 3. The molecule has 2 aromatic carbocycles. The van der Waals surface area contributed by atoms with Crippen LogP contribution >= 0.6 is 0 Å². The fourth-order valence-corrected chi connectivity index (χ4v) is 15.1. The fourth-order valence-electron chi connectivity index (χ4n) is 15.1. The molecule has 25 N–H and O–H groups in total. The monoisotopic (exact) mass is 1590 g/mol. The molecular weight excluding hydrogens is 1480 g/mol. The van der Waals surface area contributed by atoms with Crippen LogP contribution in [0.25, 0.3) is 10.8 Å². The van der Waals surface area contributed by atoms with E-state index >= 15 is 0 Å². The smallest absolute Gasteiger partial charge is 0.312 e. The number of carbonyl (C=O) groups is 5. The number of aromatic nitrogens is 1. The molecule has 7 heterocycles. The molecule has 0 unspecified atom stereocenters. The Hall–Kier alpha value is -8.85. The largest absolute Gasteiger partial charge is 0.507 e. The van der Waals surface area contributed by atoms with Gasteiger partial charge in [0.2, 0.25) is 0 Å². The van der Waals surface area contributed by atoms with E-state index in [0.29, 0.717) is 24.7 Å². The van der Waals surface area contributed by atoms with Crippen LogP contribution in [0.1, 0.15) is 113 Å². The van der Waals surface area contributed by atoms with E-state index in [-0.39, 0.29) is 56.7 Å². The molecule has 1 aromatic heterocycles. The number of carbonyl (C=O) groups excluding carboxylic acids is 5. The number of Topliss-reactive ketones (excluding diaryl/α,β-unsaturated/α-hetero) is 1. The van der Waals surface area contributed by atoms with Crippen LogP contribution in [0.4, 0.5) is 5.69 Å². The average Bonchev–Trinajstić information content (AvgIpc) is 1.66. The average molecular weight is 1600 g/mol. The number of likely N-dealkylation sites (N-methyl/N-ethyl adjacent to an activating group) is 1. The highest BCUT2D eigenvalue weighted by molar-refractivity contribution is 6.24. The number of amides is 2. The number of fused-ring (bicyclic) bond motifs is 14. The number of aliphatic imine (C=N–C) groups is 2. The van der Waals surface area contributed by atoms with Crippen LogP contribution < -0.4 is 49.6 Å². The van der Waals surface area contributed by atoms with E-state index in [1.165, 1.54) is 111 Å². The molecule has 2 saturated carbocycles. The first kappa shape index (κ1) is 89.7. The van der Waals surface area contributed by atoms with Crippen LogP contribution in [0.2, 0.25) is 0 Å².